The Morgan fingerprint density at radius 3 is 2.76 bits per heavy atom. The van der Waals surface area contributed by atoms with Gasteiger partial charge in [0.2, 0.25) is 0 Å². The zero-order valence-corrected chi connectivity index (χ0v) is 11.8. The number of nitrogens with one attached hydrogen (secondary N) is 1. The monoisotopic (exact) mass is 290 g/mol. The van der Waals surface area contributed by atoms with Crippen molar-refractivity contribution >= 4 is 22.8 Å². The lowest BCUT2D eigenvalue weighted by molar-refractivity contribution is -0.129. The van der Waals surface area contributed by atoms with Gasteiger partial charge in [0.15, 0.2) is 5.76 Å². The van der Waals surface area contributed by atoms with E-state index in [0.717, 1.165) is 18.2 Å². The molecule has 0 saturated heterocycles. The molecule has 2 amide bonds. The number of hydroxylamine groups is 1. The fourth-order valence-corrected chi connectivity index (χ4v) is 2.05. The first-order chi connectivity index (χ1) is 10.2. The number of unbranched alkanes of at least 4 members (excludes halogenated alkanes) is 1. The Bertz CT molecular complexity index is 602. The van der Waals surface area contributed by atoms with Crippen LogP contribution in [0.1, 0.15) is 30.3 Å². The minimum Gasteiger partial charge on any atom is -0.451 e. The van der Waals surface area contributed by atoms with E-state index in [0.29, 0.717) is 12.1 Å². The maximum absolute atomic E-state index is 12.4. The largest absolute Gasteiger partial charge is 0.451 e. The van der Waals surface area contributed by atoms with Crippen LogP contribution in [0.15, 0.2) is 34.7 Å². The summed E-state index contributed by atoms with van der Waals surface area (Å²) in [6.07, 6.45) is 1.66. The first-order valence-corrected chi connectivity index (χ1v) is 6.86. The van der Waals surface area contributed by atoms with Crippen molar-refractivity contribution in [3.05, 3.63) is 36.1 Å². The number of furan rings is 1. The van der Waals surface area contributed by atoms with Crippen molar-refractivity contribution in [2.45, 2.75) is 19.8 Å². The summed E-state index contributed by atoms with van der Waals surface area (Å²) in [5, 5.41) is 9.45. The minimum atomic E-state index is -0.629. The Labute approximate surface area is 122 Å². The van der Waals surface area contributed by atoms with Gasteiger partial charge in [0, 0.05) is 11.9 Å². The van der Waals surface area contributed by atoms with Gasteiger partial charge in [0.1, 0.15) is 12.1 Å². The maximum Gasteiger partial charge on any atom is 0.290 e. The van der Waals surface area contributed by atoms with Crippen LogP contribution in [0.4, 0.5) is 0 Å². The van der Waals surface area contributed by atoms with E-state index in [4.69, 9.17) is 9.62 Å². The molecule has 0 bridgehead atoms. The van der Waals surface area contributed by atoms with E-state index in [1.165, 1.54) is 4.90 Å². The van der Waals surface area contributed by atoms with Gasteiger partial charge in [-0.2, -0.15) is 0 Å². The Morgan fingerprint density at radius 2 is 2.10 bits per heavy atom. The SMILES string of the molecule is CCCCN(CC(=O)NO)C(=O)c1cc2ccccc2o1. The highest BCUT2D eigenvalue weighted by Gasteiger charge is 2.21. The summed E-state index contributed by atoms with van der Waals surface area (Å²) in [6.45, 7) is 2.22. The fourth-order valence-electron chi connectivity index (χ4n) is 2.05. The number of carbonyl (C=O) groups is 2. The molecule has 2 rings (SSSR count). The number of nitrogens with zero attached hydrogens (tertiary/aromatic N) is 1. The second-order valence-corrected chi connectivity index (χ2v) is 4.76. The quantitative estimate of drug-likeness (QED) is 0.631. The Balaban J connectivity index is 2.21. The molecule has 0 unspecified atom stereocenters. The summed E-state index contributed by atoms with van der Waals surface area (Å²) in [5.41, 5.74) is 2.17. The molecule has 0 atom stereocenters. The predicted octanol–water partition coefficient (Wildman–Crippen LogP) is 2.18. The van der Waals surface area contributed by atoms with E-state index in [1.54, 1.807) is 17.6 Å². The van der Waals surface area contributed by atoms with Gasteiger partial charge in [0.25, 0.3) is 11.8 Å². The van der Waals surface area contributed by atoms with Crippen molar-refractivity contribution in [3.8, 4) is 0 Å². The highest BCUT2D eigenvalue weighted by molar-refractivity contribution is 5.97. The first-order valence-electron chi connectivity index (χ1n) is 6.86. The van der Waals surface area contributed by atoms with Crippen LogP contribution in [0.5, 0.6) is 0 Å². The van der Waals surface area contributed by atoms with E-state index in [2.05, 4.69) is 0 Å². The van der Waals surface area contributed by atoms with Crippen LogP contribution < -0.4 is 5.48 Å². The smallest absolute Gasteiger partial charge is 0.290 e. The number of benzene rings is 1. The molecule has 1 aromatic heterocycles. The number of amides is 2. The van der Waals surface area contributed by atoms with Crippen LogP contribution in [0.3, 0.4) is 0 Å². The summed E-state index contributed by atoms with van der Waals surface area (Å²) in [5.74, 6) is -0.795. The number of para-hydroxylation sites is 1. The van der Waals surface area contributed by atoms with E-state index in [-0.39, 0.29) is 18.2 Å². The summed E-state index contributed by atoms with van der Waals surface area (Å²) < 4.78 is 5.52. The molecule has 1 aromatic carbocycles. The average molecular weight is 290 g/mol. The van der Waals surface area contributed by atoms with Crippen molar-refractivity contribution in [3.63, 3.8) is 0 Å². The molecule has 2 aromatic rings. The minimum absolute atomic E-state index is 0.193. The number of hydrogen-bond acceptors (Lipinski definition) is 4. The third-order valence-corrected chi connectivity index (χ3v) is 3.16. The van der Waals surface area contributed by atoms with E-state index in [9.17, 15) is 9.59 Å². The molecule has 0 aliphatic carbocycles. The summed E-state index contributed by atoms with van der Waals surface area (Å²) in [7, 11) is 0. The van der Waals surface area contributed by atoms with Gasteiger partial charge in [-0.05, 0) is 18.6 Å². The second-order valence-electron chi connectivity index (χ2n) is 4.76. The van der Waals surface area contributed by atoms with Gasteiger partial charge in [-0.15, -0.1) is 0 Å². The molecule has 0 aliphatic rings. The number of fused-ring (bicyclic) bond motifs is 1. The van der Waals surface area contributed by atoms with Crippen LogP contribution in [0, 0.1) is 0 Å². The molecule has 2 N–H and O–H groups in total. The van der Waals surface area contributed by atoms with Crippen molar-refractivity contribution in [1.82, 2.24) is 10.4 Å². The Morgan fingerprint density at radius 1 is 1.33 bits per heavy atom. The lowest BCUT2D eigenvalue weighted by atomic mass is 10.2. The second kappa shape index (κ2) is 6.90. The molecular weight excluding hydrogens is 272 g/mol. The average Bonchev–Trinajstić information content (AvgIpc) is 2.94. The van der Waals surface area contributed by atoms with Crippen LogP contribution in [-0.2, 0) is 4.79 Å². The van der Waals surface area contributed by atoms with E-state index >= 15 is 0 Å². The van der Waals surface area contributed by atoms with Crippen LogP contribution >= 0.6 is 0 Å². The van der Waals surface area contributed by atoms with Crippen LogP contribution in [0.25, 0.3) is 11.0 Å². The van der Waals surface area contributed by atoms with Crippen LogP contribution in [-0.4, -0.2) is 35.0 Å². The molecule has 6 heteroatoms. The highest BCUT2D eigenvalue weighted by Crippen LogP contribution is 2.20. The lowest BCUT2D eigenvalue weighted by Gasteiger charge is -2.20. The maximum atomic E-state index is 12.4. The van der Waals surface area contributed by atoms with Crippen molar-refractivity contribution in [1.29, 1.82) is 0 Å². The van der Waals surface area contributed by atoms with Gasteiger partial charge in [0.05, 0.1) is 0 Å². The van der Waals surface area contributed by atoms with Gasteiger partial charge in [-0.1, -0.05) is 31.5 Å². The standard InChI is InChI=1S/C15H18N2O4/c1-2-3-8-17(10-14(18)16-20)15(19)13-9-11-6-4-5-7-12(11)21-13/h4-7,9,20H,2-3,8,10H2,1H3,(H,16,18). The third kappa shape index (κ3) is 3.61. The van der Waals surface area contributed by atoms with Crippen LogP contribution in [0.2, 0.25) is 0 Å². The van der Waals surface area contributed by atoms with Crippen molar-refractivity contribution in [2.75, 3.05) is 13.1 Å². The summed E-state index contributed by atoms with van der Waals surface area (Å²) in [4.78, 5) is 25.1. The molecular formula is C15H18N2O4. The predicted molar refractivity (Wildman–Crippen MR) is 77.0 cm³/mol. The first kappa shape index (κ1) is 15.1. The van der Waals surface area contributed by atoms with E-state index < -0.39 is 5.91 Å². The summed E-state index contributed by atoms with van der Waals surface area (Å²) in [6, 6.07) is 8.98. The highest BCUT2D eigenvalue weighted by atomic mass is 16.5. The molecule has 6 nitrogen and oxygen atoms in total. The molecule has 0 aliphatic heterocycles. The molecule has 0 saturated carbocycles. The number of rotatable bonds is 6. The molecule has 0 radical (unpaired) electrons. The zero-order valence-electron chi connectivity index (χ0n) is 11.8. The Hall–Kier alpha value is -2.34. The third-order valence-electron chi connectivity index (χ3n) is 3.16. The van der Waals surface area contributed by atoms with Crippen molar-refractivity contribution in [2.24, 2.45) is 0 Å². The fraction of sp³-hybridized carbons (Fsp3) is 0.333. The van der Waals surface area contributed by atoms with Gasteiger partial charge in [-0.3, -0.25) is 14.8 Å². The zero-order chi connectivity index (χ0) is 15.2. The van der Waals surface area contributed by atoms with Gasteiger partial charge >= 0.3 is 0 Å². The summed E-state index contributed by atoms with van der Waals surface area (Å²) >= 11 is 0. The number of hydrogen-bond donors (Lipinski definition) is 2. The number of carbonyl (C=O) groups excluding carboxylic acids is 2. The molecule has 21 heavy (non-hydrogen) atoms. The molecule has 1 heterocycles. The van der Waals surface area contributed by atoms with E-state index in [1.807, 2.05) is 25.1 Å². The van der Waals surface area contributed by atoms with Gasteiger partial charge < -0.3 is 9.32 Å². The Kier molecular flexibility index (Phi) is 4.94. The molecule has 112 valence electrons. The van der Waals surface area contributed by atoms with Gasteiger partial charge in [-0.25, -0.2) is 5.48 Å². The normalized spacial score (nSPS) is 10.6. The molecule has 0 fully saturated rings. The topological polar surface area (TPSA) is 82.8 Å². The molecule has 0 spiro atoms. The van der Waals surface area contributed by atoms with Crippen molar-refractivity contribution < 1.29 is 19.2 Å². The lowest BCUT2D eigenvalue weighted by Crippen LogP contribution is -2.40.